The highest BCUT2D eigenvalue weighted by Crippen LogP contribution is 2.17. The molecule has 0 aliphatic carbocycles. The van der Waals surface area contributed by atoms with Crippen LogP contribution in [-0.2, 0) is 6.42 Å². The van der Waals surface area contributed by atoms with Gasteiger partial charge in [0.05, 0.1) is 12.3 Å². The lowest BCUT2D eigenvalue weighted by molar-refractivity contribution is 0.256. The number of likely N-dealkylation sites (N-methyl/N-ethyl adjacent to an activating group) is 2. The summed E-state index contributed by atoms with van der Waals surface area (Å²) >= 11 is 1.80. The van der Waals surface area contributed by atoms with Gasteiger partial charge in [-0.25, -0.2) is 0 Å². The van der Waals surface area contributed by atoms with Gasteiger partial charge in [-0.1, -0.05) is 6.07 Å². The molecule has 0 fully saturated rings. The van der Waals surface area contributed by atoms with E-state index in [4.69, 9.17) is 4.42 Å². The van der Waals surface area contributed by atoms with E-state index in [0.29, 0.717) is 0 Å². The Morgan fingerprint density at radius 2 is 2.13 bits per heavy atom. The molecule has 0 saturated carbocycles. The molecule has 5 nitrogen and oxygen atoms in total. The Bertz CT molecular complexity index is 578. The number of rotatable bonds is 7. The highest BCUT2D eigenvalue weighted by molar-refractivity contribution is 7.09. The van der Waals surface area contributed by atoms with Crippen LogP contribution in [-0.4, -0.2) is 57.0 Å². The molecule has 0 saturated heterocycles. The van der Waals surface area contributed by atoms with E-state index in [2.05, 4.69) is 58.8 Å². The van der Waals surface area contributed by atoms with Crippen molar-refractivity contribution in [3.8, 4) is 0 Å². The summed E-state index contributed by atoms with van der Waals surface area (Å²) in [6, 6.07) is 8.38. The molecule has 0 bridgehead atoms. The van der Waals surface area contributed by atoms with E-state index in [1.54, 1.807) is 17.6 Å². The zero-order valence-corrected chi connectivity index (χ0v) is 15.1. The SMILES string of the molecule is CN=C(NCC(c1ccco1)N(C)C)N(C)CCc1cccs1. The average Bonchev–Trinajstić information content (AvgIpc) is 3.22. The van der Waals surface area contributed by atoms with Gasteiger partial charge < -0.3 is 14.6 Å². The van der Waals surface area contributed by atoms with Crippen LogP contribution in [0, 0.1) is 0 Å². The molecule has 0 amide bonds. The molecular weight excluding hydrogens is 308 g/mol. The number of aliphatic imine (C=N–C) groups is 1. The largest absolute Gasteiger partial charge is 0.468 e. The predicted octanol–water partition coefficient (Wildman–Crippen LogP) is 2.69. The molecule has 0 radical (unpaired) electrons. The minimum absolute atomic E-state index is 0.174. The van der Waals surface area contributed by atoms with E-state index in [0.717, 1.165) is 31.2 Å². The van der Waals surface area contributed by atoms with E-state index >= 15 is 0 Å². The van der Waals surface area contributed by atoms with Crippen molar-refractivity contribution < 1.29 is 4.42 Å². The van der Waals surface area contributed by atoms with Gasteiger partial charge in [0.1, 0.15) is 5.76 Å². The Balaban J connectivity index is 1.88. The number of nitrogens with zero attached hydrogens (tertiary/aromatic N) is 3. The Morgan fingerprint density at radius 3 is 2.70 bits per heavy atom. The maximum atomic E-state index is 5.55. The predicted molar refractivity (Wildman–Crippen MR) is 97.2 cm³/mol. The van der Waals surface area contributed by atoms with Gasteiger partial charge in [0.15, 0.2) is 5.96 Å². The standard InChI is InChI=1S/C17H26N4OS/c1-18-17(21(4)10-9-14-7-6-12-23-14)19-13-15(20(2)3)16-8-5-11-22-16/h5-8,11-12,15H,9-10,13H2,1-4H3,(H,18,19). The first kappa shape index (κ1) is 17.6. The van der Waals surface area contributed by atoms with Crippen molar-refractivity contribution in [1.82, 2.24) is 15.1 Å². The number of nitrogens with one attached hydrogen (secondary N) is 1. The highest BCUT2D eigenvalue weighted by atomic mass is 32.1. The fourth-order valence-corrected chi connectivity index (χ4v) is 3.13. The second-order valence-corrected chi connectivity index (χ2v) is 6.71. The van der Waals surface area contributed by atoms with E-state index < -0.39 is 0 Å². The lowest BCUT2D eigenvalue weighted by atomic mass is 10.2. The minimum atomic E-state index is 0.174. The van der Waals surface area contributed by atoms with Gasteiger partial charge in [-0.2, -0.15) is 0 Å². The molecule has 2 aromatic heterocycles. The summed E-state index contributed by atoms with van der Waals surface area (Å²) in [5, 5.41) is 5.57. The van der Waals surface area contributed by atoms with Crippen LogP contribution in [0.3, 0.4) is 0 Å². The molecular formula is C17H26N4OS. The normalized spacial score (nSPS) is 13.3. The molecule has 0 spiro atoms. The molecule has 0 aromatic carbocycles. The maximum absolute atomic E-state index is 5.55. The fourth-order valence-electron chi connectivity index (χ4n) is 2.43. The summed E-state index contributed by atoms with van der Waals surface area (Å²) in [4.78, 5) is 10.1. The van der Waals surface area contributed by atoms with Gasteiger partial charge in [0.25, 0.3) is 0 Å². The second-order valence-electron chi connectivity index (χ2n) is 5.67. The lowest BCUT2D eigenvalue weighted by Gasteiger charge is -2.27. The van der Waals surface area contributed by atoms with Crippen molar-refractivity contribution in [2.45, 2.75) is 12.5 Å². The van der Waals surface area contributed by atoms with E-state index in [1.165, 1.54) is 4.88 Å². The maximum Gasteiger partial charge on any atom is 0.193 e. The second kappa shape index (κ2) is 8.74. The van der Waals surface area contributed by atoms with Crippen molar-refractivity contribution in [3.63, 3.8) is 0 Å². The van der Waals surface area contributed by atoms with Crippen molar-refractivity contribution in [3.05, 3.63) is 46.5 Å². The zero-order chi connectivity index (χ0) is 16.7. The van der Waals surface area contributed by atoms with Crippen LogP contribution in [0.4, 0.5) is 0 Å². The summed E-state index contributed by atoms with van der Waals surface area (Å²) in [6.45, 7) is 1.68. The first-order valence-electron chi connectivity index (χ1n) is 7.75. The third-order valence-electron chi connectivity index (χ3n) is 3.80. The van der Waals surface area contributed by atoms with Crippen LogP contribution in [0.2, 0.25) is 0 Å². The first-order valence-corrected chi connectivity index (χ1v) is 8.63. The zero-order valence-electron chi connectivity index (χ0n) is 14.3. The van der Waals surface area contributed by atoms with Crippen LogP contribution in [0.5, 0.6) is 0 Å². The van der Waals surface area contributed by atoms with Gasteiger partial charge in [-0.3, -0.25) is 9.89 Å². The lowest BCUT2D eigenvalue weighted by Crippen LogP contribution is -2.43. The summed E-state index contributed by atoms with van der Waals surface area (Å²) in [5.41, 5.74) is 0. The Hall–Kier alpha value is -1.79. The topological polar surface area (TPSA) is 44.0 Å². The monoisotopic (exact) mass is 334 g/mol. The van der Waals surface area contributed by atoms with E-state index in [-0.39, 0.29) is 6.04 Å². The van der Waals surface area contributed by atoms with Crippen molar-refractivity contribution in [1.29, 1.82) is 0 Å². The molecule has 0 aliphatic rings. The Kier molecular flexibility index (Phi) is 6.67. The molecule has 2 heterocycles. The van der Waals surface area contributed by atoms with Crippen LogP contribution >= 0.6 is 11.3 Å². The van der Waals surface area contributed by atoms with E-state index in [9.17, 15) is 0 Å². The van der Waals surface area contributed by atoms with Gasteiger partial charge in [0.2, 0.25) is 0 Å². The Morgan fingerprint density at radius 1 is 1.30 bits per heavy atom. The molecule has 0 aliphatic heterocycles. The van der Waals surface area contributed by atoms with Gasteiger partial charge in [-0.05, 0) is 44.1 Å². The molecule has 6 heteroatoms. The van der Waals surface area contributed by atoms with Crippen molar-refractivity contribution >= 4 is 17.3 Å². The number of furan rings is 1. The van der Waals surface area contributed by atoms with E-state index in [1.807, 2.05) is 19.2 Å². The third-order valence-corrected chi connectivity index (χ3v) is 4.73. The fraction of sp³-hybridized carbons (Fsp3) is 0.471. The number of hydrogen-bond donors (Lipinski definition) is 1. The third kappa shape index (κ3) is 5.11. The van der Waals surface area contributed by atoms with Crippen molar-refractivity contribution in [2.75, 3.05) is 41.3 Å². The average molecular weight is 334 g/mol. The minimum Gasteiger partial charge on any atom is -0.468 e. The van der Waals surface area contributed by atoms with Crippen LogP contribution < -0.4 is 5.32 Å². The van der Waals surface area contributed by atoms with Crippen LogP contribution in [0.25, 0.3) is 0 Å². The number of hydrogen-bond acceptors (Lipinski definition) is 4. The highest BCUT2D eigenvalue weighted by Gasteiger charge is 2.18. The quantitative estimate of drug-likeness (QED) is 0.624. The number of thiophene rings is 1. The summed E-state index contributed by atoms with van der Waals surface area (Å²) in [6.07, 6.45) is 2.75. The first-order chi connectivity index (χ1) is 11.1. The number of guanidine groups is 1. The summed E-state index contributed by atoms with van der Waals surface area (Å²) < 4.78 is 5.55. The van der Waals surface area contributed by atoms with Gasteiger partial charge >= 0.3 is 0 Å². The van der Waals surface area contributed by atoms with Crippen LogP contribution in [0.15, 0.2) is 45.3 Å². The summed E-state index contributed by atoms with van der Waals surface area (Å²) in [5.74, 6) is 1.86. The summed E-state index contributed by atoms with van der Waals surface area (Å²) in [7, 11) is 8.00. The van der Waals surface area contributed by atoms with Crippen molar-refractivity contribution in [2.24, 2.45) is 4.99 Å². The smallest absolute Gasteiger partial charge is 0.193 e. The molecule has 1 N–H and O–H groups in total. The Labute approximate surface area is 142 Å². The van der Waals surface area contributed by atoms with Crippen LogP contribution in [0.1, 0.15) is 16.7 Å². The van der Waals surface area contributed by atoms with Gasteiger partial charge in [-0.15, -0.1) is 11.3 Å². The molecule has 1 atom stereocenters. The molecule has 1 unspecified atom stereocenters. The molecule has 126 valence electrons. The molecule has 2 rings (SSSR count). The molecule has 23 heavy (non-hydrogen) atoms. The van der Waals surface area contributed by atoms with Gasteiger partial charge in [0, 0.05) is 32.1 Å². The molecule has 2 aromatic rings.